The number of hydrogen-bond acceptors (Lipinski definition) is 4. The molecule has 1 aromatic heterocycles. The molecule has 1 aliphatic heterocycles. The van der Waals surface area contributed by atoms with E-state index in [1.807, 2.05) is 0 Å². The molecule has 0 radical (unpaired) electrons. The van der Waals surface area contributed by atoms with E-state index in [0.717, 1.165) is 18.2 Å². The Kier molecular flexibility index (Phi) is 7.50. The van der Waals surface area contributed by atoms with Crippen LogP contribution in [-0.2, 0) is 18.3 Å². The van der Waals surface area contributed by atoms with Gasteiger partial charge in [-0.3, -0.25) is 4.98 Å². The second-order valence-corrected chi connectivity index (χ2v) is 8.53. The molecule has 33 heavy (non-hydrogen) atoms. The van der Waals surface area contributed by atoms with E-state index >= 15 is 4.39 Å². The third-order valence-corrected chi connectivity index (χ3v) is 5.92. The van der Waals surface area contributed by atoms with E-state index in [2.05, 4.69) is 10.3 Å². The van der Waals surface area contributed by atoms with Crippen LogP contribution in [0.3, 0.4) is 0 Å². The number of hydrogen-bond donors (Lipinski definition) is 3. The highest BCUT2D eigenvalue weighted by molar-refractivity contribution is 6.31. The Hall–Kier alpha value is -2.43. The fourth-order valence-electron chi connectivity index (χ4n) is 3.88. The van der Waals surface area contributed by atoms with Crippen molar-refractivity contribution in [3.63, 3.8) is 0 Å². The Morgan fingerprint density at radius 2 is 1.97 bits per heavy atom. The Morgan fingerprint density at radius 1 is 1.30 bits per heavy atom. The lowest BCUT2D eigenvalue weighted by molar-refractivity contribution is -0.137. The van der Waals surface area contributed by atoms with Crippen molar-refractivity contribution in [3.8, 4) is 0 Å². The number of aliphatic hydroxyl groups is 2. The lowest BCUT2D eigenvalue weighted by atomic mass is 9.87. The Morgan fingerprint density at radius 3 is 2.52 bits per heavy atom. The minimum absolute atomic E-state index is 0.000634. The number of pyridine rings is 1. The number of halogens is 5. The highest BCUT2D eigenvalue weighted by Gasteiger charge is 2.40. The van der Waals surface area contributed by atoms with Crippen LogP contribution in [0, 0.1) is 6.92 Å². The first kappa shape index (κ1) is 25.2. The van der Waals surface area contributed by atoms with E-state index in [0.29, 0.717) is 11.1 Å². The number of alkyl halides is 4. The molecule has 1 atom stereocenters. The summed E-state index contributed by atoms with van der Waals surface area (Å²) in [6, 6.07) is 4.08. The van der Waals surface area contributed by atoms with Crippen molar-refractivity contribution < 1.29 is 32.6 Å². The standard InChI is InChI=1S/C22H24ClF4N3O3/c1-13-8-14(9-16(32)12-31)11-28-19(13)21(24)4-6-30(7-5-21)20(33)29-15-2-3-17(18(23)10-15)22(25,26)27/h2-3,8,10-11,16,31-32H,4-7,9,12H2,1H3,(H,29,33). The van der Waals surface area contributed by atoms with Crippen molar-refractivity contribution >= 4 is 23.3 Å². The summed E-state index contributed by atoms with van der Waals surface area (Å²) in [5, 5.41) is 20.5. The normalized spacial score (nSPS) is 17.0. The van der Waals surface area contributed by atoms with Crippen LogP contribution in [0.5, 0.6) is 0 Å². The number of nitrogens with one attached hydrogen (secondary N) is 1. The number of carbonyl (C=O) groups is 1. The fourth-order valence-corrected chi connectivity index (χ4v) is 4.16. The van der Waals surface area contributed by atoms with Gasteiger partial charge in [-0.05, 0) is 36.2 Å². The predicted octanol–water partition coefficient (Wildman–Crippen LogP) is 4.45. The maximum Gasteiger partial charge on any atom is 0.417 e. The summed E-state index contributed by atoms with van der Waals surface area (Å²) in [4.78, 5) is 18.1. The second kappa shape index (κ2) is 9.82. The average molecular weight is 490 g/mol. The van der Waals surface area contributed by atoms with Crippen molar-refractivity contribution in [3.05, 3.63) is 57.9 Å². The van der Waals surface area contributed by atoms with Crippen LogP contribution in [0.1, 0.15) is 35.2 Å². The molecule has 3 N–H and O–H groups in total. The molecule has 2 aromatic rings. The largest absolute Gasteiger partial charge is 0.417 e. The predicted molar refractivity (Wildman–Crippen MR) is 115 cm³/mol. The molecule has 180 valence electrons. The summed E-state index contributed by atoms with van der Waals surface area (Å²) in [6.45, 7) is 1.50. The highest BCUT2D eigenvalue weighted by atomic mass is 35.5. The highest BCUT2D eigenvalue weighted by Crippen LogP contribution is 2.38. The molecule has 1 saturated heterocycles. The molecule has 2 heterocycles. The molecule has 11 heteroatoms. The molecule has 0 saturated carbocycles. The van der Waals surface area contributed by atoms with E-state index in [-0.39, 0.29) is 50.3 Å². The van der Waals surface area contributed by atoms with Crippen LogP contribution in [-0.4, -0.2) is 51.9 Å². The zero-order valence-corrected chi connectivity index (χ0v) is 18.5. The van der Waals surface area contributed by atoms with Gasteiger partial charge in [0.25, 0.3) is 0 Å². The smallest absolute Gasteiger partial charge is 0.394 e. The number of aliphatic hydroxyl groups excluding tert-OH is 2. The zero-order chi connectivity index (χ0) is 24.4. The van der Waals surface area contributed by atoms with E-state index in [9.17, 15) is 23.1 Å². The zero-order valence-electron chi connectivity index (χ0n) is 17.8. The van der Waals surface area contributed by atoms with Crippen LogP contribution in [0.4, 0.5) is 28.0 Å². The number of benzene rings is 1. The molecular formula is C22H24ClF4N3O3. The molecule has 0 aliphatic carbocycles. The van der Waals surface area contributed by atoms with Crippen LogP contribution < -0.4 is 5.32 Å². The number of piperidine rings is 1. The molecular weight excluding hydrogens is 466 g/mol. The van der Waals surface area contributed by atoms with Gasteiger partial charge in [-0.1, -0.05) is 17.7 Å². The van der Waals surface area contributed by atoms with Gasteiger partial charge in [-0.25, -0.2) is 9.18 Å². The SMILES string of the molecule is Cc1cc(CC(O)CO)cnc1C1(F)CCN(C(=O)Nc2ccc(C(F)(F)F)c(Cl)c2)CC1. The first-order chi connectivity index (χ1) is 15.4. The molecule has 1 aromatic carbocycles. The summed E-state index contributed by atoms with van der Waals surface area (Å²) in [5.41, 5.74) is -1.09. The number of urea groups is 1. The number of amides is 2. The maximum atomic E-state index is 15.7. The van der Waals surface area contributed by atoms with Gasteiger partial charge in [0.2, 0.25) is 0 Å². The fraction of sp³-hybridized carbons (Fsp3) is 0.455. The van der Waals surface area contributed by atoms with Crippen LogP contribution in [0.15, 0.2) is 30.5 Å². The monoisotopic (exact) mass is 489 g/mol. The first-order valence-electron chi connectivity index (χ1n) is 10.3. The van der Waals surface area contributed by atoms with Gasteiger partial charge in [-0.2, -0.15) is 13.2 Å². The summed E-state index contributed by atoms with van der Waals surface area (Å²) in [6.07, 6.45) is -3.85. The number of rotatable bonds is 5. The Balaban J connectivity index is 1.63. The molecule has 0 spiro atoms. The second-order valence-electron chi connectivity index (χ2n) is 8.12. The van der Waals surface area contributed by atoms with Gasteiger partial charge in [0.1, 0.15) is 0 Å². The lowest BCUT2D eigenvalue weighted by Gasteiger charge is -2.36. The summed E-state index contributed by atoms with van der Waals surface area (Å²) < 4.78 is 54.1. The Bertz CT molecular complexity index is 1010. The minimum Gasteiger partial charge on any atom is -0.394 e. The summed E-state index contributed by atoms with van der Waals surface area (Å²) >= 11 is 5.68. The van der Waals surface area contributed by atoms with Crippen LogP contribution in [0.25, 0.3) is 0 Å². The van der Waals surface area contributed by atoms with Crippen molar-refractivity contribution in [1.82, 2.24) is 9.88 Å². The van der Waals surface area contributed by atoms with Gasteiger partial charge in [0.05, 0.1) is 29.0 Å². The first-order valence-corrected chi connectivity index (χ1v) is 10.7. The van der Waals surface area contributed by atoms with Gasteiger partial charge in [-0.15, -0.1) is 0 Å². The lowest BCUT2D eigenvalue weighted by Crippen LogP contribution is -2.45. The van der Waals surface area contributed by atoms with Crippen LogP contribution >= 0.6 is 11.6 Å². The van der Waals surface area contributed by atoms with Gasteiger partial charge < -0.3 is 20.4 Å². The molecule has 6 nitrogen and oxygen atoms in total. The number of aryl methyl sites for hydroxylation is 1. The third kappa shape index (κ3) is 5.93. The minimum atomic E-state index is -4.60. The van der Waals surface area contributed by atoms with E-state index in [1.165, 1.54) is 11.1 Å². The van der Waals surface area contributed by atoms with Gasteiger partial charge >= 0.3 is 12.2 Å². The van der Waals surface area contributed by atoms with Crippen LogP contribution in [0.2, 0.25) is 5.02 Å². The molecule has 0 bridgehead atoms. The van der Waals surface area contributed by atoms with Crippen molar-refractivity contribution in [2.75, 3.05) is 25.0 Å². The molecule has 1 aliphatic rings. The van der Waals surface area contributed by atoms with Crippen molar-refractivity contribution in [2.24, 2.45) is 0 Å². The Labute approximate surface area is 193 Å². The molecule has 1 fully saturated rings. The number of likely N-dealkylation sites (tertiary alicyclic amines) is 1. The summed E-state index contributed by atoms with van der Waals surface area (Å²) in [5.74, 6) is 0. The summed E-state index contributed by atoms with van der Waals surface area (Å²) in [7, 11) is 0. The third-order valence-electron chi connectivity index (χ3n) is 5.61. The molecule has 3 rings (SSSR count). The van der Waals surface area contributed by atoms with Crippen molar-refractivity contribution in [1.29, 1.82) is 0 Å². The quantitative estimate of drug-likeness (QED) is 0.542. The van der Waals surface area contributed by atoms with E-state index in [4.69, 9.17) is 16.7 Å². The molecule has 1 unspecified atom stereocenters. The van der Waals surface area contributed by atoms with Gasteiger partial charge in [0, 0.05) is 44.2 Å². The van der Waals surface area contributed by atoms with E-state index in [1.54, 1.807) is 13.0 Å². The van der Waals surface area contributed by atoms with E-state index < -0.39 is 34.6 Å². The number of carbonyl (C=O) groups excluding carboxylic acids is 1. The van der Waals surface area contributed by atoms with Crippen molar-refractivity contribution in [2.45, 2.75) is 44.1 Å². The number of aromatic nitrogens is 1. The topological polar surface area (TPSA) is 85.7 Å². The molecule has 2 amide bonds. The number of nitrogens with zero attached hydrogens (tertiary/aromatic N) is 2. The maximum absolute atomic E-state index is 15.7. The van der Waals surface area contributed by atoms with Gasteiger partial charge in [0.15, 0.2) is 5.67 Å². The average Bonchev–Trinajstić information content (AvgIpc) is 2.73. The number of anilines is 1.